The molecule has 0 aliphatic heterocycles. The Morgan fingerprint density at radius 1 is 0.889 bits per heavy atom. The molecule has 0 heterocycles. The molecule has 4 nitrogen and oxygen atoms in total. The van der Waals surface area contributed by atoms with Gasteiger partial charge in [-0.1, -0.05) is 30.3 Å². The van der Waals surface area contributed by atoms with Crippen LogP contribution in [0.4, 0.5) is 4.79 Å². The first-order chi connectivity index (χ1) is 8.79. The van der Waals surface area contributed by atoms with Crippen LogP contribution in [0.15, 0.2) is 54.6 Å². The molecular formula is C14H10O4. The summed E-state index contributed by atoms with van der Waals surface area (Å²) in [5.74, 6) is 0.555. The minimum Gasteiger partial charge on any atom is -0.395 e. The summed E-state index contributed by atoms with van der Waals surface area (Å²) in [6.45, 7) is 0. The maximum absolute atomic E-state index is 11.5. The van der Waals surface area contributed by atoms with Gasteiger partial charge in [0.05, 0.1) is 5.56 Å². The Hall–Kier alpha value is -2.62. The molecule has 2 aromatic carbocycles. The van der Waals surface area contributed by atoms with E-state index in [1.807, 2.05) is 0 Å². The zero-order valence-corrected chi connectivity index (χ0v) is 9.41. The van der Waals surface area contributed by atoms with Crippen molar-refractivity contribution in [2.45, 2.75) is 0 Å². The Bertz CT molecular complexity index is 549. The Morgan fingerprint density at radius 2 is 1.56 bits per heavy atom. The molecule has 0 fully saturated rings. The normalized spacial score (nSPS) is 9.56. The number of hydrogen-bond donors (Lipinski definition) is 0. The van der Waals surface area contributed by atoms with Gasteiger partial charge in [0, 0.05) is 0 Å². The number of carbonyl (C=O) groups is 2. The predicted octanol–water partition coefficient (Wildman–Crippen LogP) is 3.08. The summed E-state index contributed by atoms with van der Waals surface area (Å²) in [5.41, 5.74) is 0.294. The molecule has 2 aromatic rings. The van der Waals surface area contributed by atoms with E-state index in [-0.39, 0.29) is 5.75 Å². The molecule has 0 aromatic heterocycles. The molecule has 0 spiro atoms. The zero-order chi connectivity index (χ0) is 12.8. The van der Waals surface area contributed by atoms with Crippen molar-refractivity contribution in [3.8, 4) is 11.5 Å². The van der Waals surface area contributed by atoms with Crippen LogP contribution in [0, 0.1) is 0 Å². The molecule has 2 rings (SSSR count). The lowest BCUT2D eigenvalue weighted by atomic mass is 10.2. The summed E-state index contributed by atoms with van der Waals surface area (Å²) < 4.78 is 9.89. The van der Waals surface area contributed by atoms with E-state index in [2.05, 4.69) is 0 Å². The Balaban J connectivity index is 2.05. The van der Waals surface area contributed by atoms with E-state index >= 15 is 0 Å². The second kappa shape index (κ2) is 5.63. The van der Waals surface area contributed by atoms with E-state index in [9.17, 15) is 9.59 Å². The maximum atomic E-state index is 11.5. The van der Waals surface area contributed by atoms with Crippen LogP contribution in [0.25, 0.3) is 0 Å². The van der Waals surface area contributed by atoms with Gasteiger partial charge in [0.1, 0.15) is 11.5 Å². The minimum absolute atomic E-state index is 0.174. The van der Waals surface area contributed by atoms with Gasteiger partial charge in [-0.2, -0.15) is 0 Å². The average molecular weight is 242 g/mol. The van der Waals surface area contributed by atoms with Crippen LogP contribution in [-0.2, 0) is 0 Å². The van der Waals surface area contributed by atoms with Crippen molar-refractivity contribution in [2.24, 2.45) is 0 Å². The van der Waals surface area contributed by atoms with Gasteiger partial charge in [-0.25, -0.2) is 4.79 Å². The summed E-state index contributed by atoms with van der Waals surface area (Å²) in [5, 5.41) is 0. The van der Waals surface area contributed by atoms with Crippen molar-refractivity contribution in [1.29, 1.82) is 0 Å². The summed E-state index contributed by atoms with van der Waals surface area (Å²) in [7, 11) is 0. The Labute approximate surface area is 104 Å². The monoisotopic (exact) mass is 242 g/mol. The van der Waals surface area contributed by atoms with E-state index in [0.717, 1.165) is 0 Å². The first-order valence-corrected chi connectivity index (χ1v) is 5.28. The van der Waals surface area contributed by atoms with Crippen LogP contribution >= 0.6 is 0 Å². The van der Waals surface area contributed by atoms with E-state index in [4.69, 9.17) is 9.47 Å². The molecule has 0 saturated heterocycles. The van der Waals surface area contributed by atoms with E-state index in [0.29, 0.717) is 17.6 Å². The van der Waals surface area contributed by atoms with Gasteiger partial charge in [-0.3, -0.25) is 4.79 Å². The SMILES string of the molecule is O=Cc1ccccc1OC(=O)Oc1ccccc1. The number of ether oxygens (including phenoxy) is 2. The van der Waals surface area contributed by atoms with E-state index in [1.54, 1.807) is 48.5 Å². The average Bonchev–Trinajstić information content (AvgIpc) is 2.40. The minimum atomic E-state index is -0.879. The molecule has 90 valence electrons. The summed E-state index contributed by atoms with van der Waals surface area (Å²) in [6.07, 6.45) is -0.263. The lowest BCUT2D eigenvalue weighted by Gasteiger charge is -2.06. The fourth-order valence-corrected chi connectivity index (χ4v) is 1.37. The number of hydrogen-bond acceptors (Lipinski definition) is 4. The highest BCUT2D eigenvalue weighted by atomic mass is 16.7. The third-order valence-corrected chi connectivity index (χ3v) is 2.18. The number of benzene rings is 2. The number of carbonyl (C=O) groups excluding carboxylic acids is 2. The van der Waals surface area contributed by atoms with Crippen molar-refractivity contribution < 1.29 is 19.1 Å². The molecule has 0 N–H and O–H groups in total. The fraction of sp³-hybridized carbons (Fsp3) is 0. The zero-order valence-electron chi connectivity index (χ0n) is 9.41. The topological polar surface area (TPSA) is 52.6 Å². The van der Waals surface area contributed by atoms with Crippen molar-refractivity contribution in [3.63, 3.8) is 0 Å². The van der Waals surface area contributed by atoms with Crippen LogP contribution in [0.3, 0.4) is 0 Å². The third kappa shape index (κ3) is 2.95. The van der Waals surface area contributed by atoms with Gasteiger partial charge >= 0.3 is 6.16 Å². The van der Waals surface area contributed by atoms with E-state index in [1.165, 1.54) is 6.07 Å². The first kappa shape index (κ1) is 11.9. The smallest absolute Gasteiger partial charge is 0.395 e. The molecule has 0 unspecified atom stereocenters. The third-order valence-electron chi connectivity index (χ3n) is 2.18. The standard InChI is InChI=1S/C14H10O4/c15-10-11-6-4-5-9-13(11)18-14(16)17-12-7-2-1-3-8-12/h1-10H. The molecule has 0 saturated carbocycles. The highest BCUT2D eigenvalue weighted by molar-refractivity contribution is 5.81. The number of rotatable bonds is 3. The molecular weight excluding hydrogens is 232 g/mol. The molecule has 0 atom stereocenters. The highest BCUT2D eigenvalue weighted by Gasteiger charge is 2.10. The summed E-state index contributed by atoms with van der Waals surface area (Å²) >= 11 is 0. The van der Waals surface area contributed by atoms with Crippen molar-refractivity contribution in [3.05, 3.63) is 60.2 Å². The van der Waals surface area contributed by atoms with Crippen molar-refractivity contribution >= 4 is 12.4 Å². The Morgan fingerprint density at radius 3 is 2.28 bits per heavy atom. The summed E-state index contributed by atoms with van der Waals surface area (Å²) in [4.78, 5) is 22.2. The van der Waals surface area contributed by atoms with Crippen LogP contribution in [0.5, 0.6) is 11.5 Å². The highest BCUT2D eigenvalue weighted by Crippen LogP contribution is 2.17. The van der Waals surface area contributed by atoms with Crippen LogP contribution < -0.4 is 9.47 Å². The number of aldehydes is 1. The van der Waals surface area contributed by atoms with Gasteiger partial charge < -0.3 is 9.47 Å². The van der Waals surface area contributed by atoms with E-state index < -0.39 is 6.16 Å². The van der Waals surface area contributed by atoms with Crippen LogP contribution in [0.1, 0.15) is 10.4 Å². The largest absolute Gasteiger partial charge is 0.519 e. The number of para-hydroxylation sites is 2. The van der Waals surface area contributed by atoms with Gasteiger partial charge in [0.2, 0.25) is 0 Å². The van der Waals surface area contributed by atoms with Crippen LogP contribution in [0.2, 0.25) is 0 Å². The lowest BCUT2D eigenvalue weighted by molar-refractivity contribution is 0.111. The van der Waals surface area contributed by atoms with Crippen molar-refractivity contribution in [2.75, 3.05) is 0 Å². The quantitative estimate of drug-likeness (QED) is 0.471. The first-order valence-electron chi connectivity index (χ1n) is 5.28. The predicted molar refractivity (Wildman–Crippen MR) is 64.9 cm³/mol. The molecule has 0 bridgehead atoms. The fourth-order valence-electron chi connectivity index (χ4n) is 1.37. The molecule has 0 amide bonds. The van der Waals surface area contributed by atoms with Crippen LogP contribution in [-0.4, -0.2) is 12.4 Å². The molecule has 4 heteroatoms. The summed E-state index contributed by atoms with van der Waals surface area (Å²) in [6, 6.07) is 15.0. The molecule has 0 aliphatic rings. The Kier molecular flexibility index (Phi) is 3.71. The van der Waals surface area contributed by atoms with Gasteiger partial charge in [0.15, 0.2) is 6.29 Å². The molecule has 18 heavy (non-hydrogen) atoms. The van der Waals surface area contributed by atoms with Gasteiger partial charge in [-0.05, 0) is 24.3 Å². The van der Waals surface area contributed by atoms with Gasteiger partial charge in [-0.15, -0.1) is 0 Å². The second-order valence-electron chi connectivity index (χ2n) is 3.42. The van der Waals surface area contributed by atoms with Gasteiger partial charge in [0.25, 0.3) is 0 Å². The lowest BCUT2D eigenvalue weighted by Crippen LogP contribution is -2.14. The maximum Gasteiger partial charge on any atom is 0.519 e. The molecule has 0 radical (unpaired) electrons. The molecule has 0 aliphatic carbocycles. The second-order valence-corrected chi connectivity index (χ2v) is 3.42. The van der Waals surface area contributed by atoms with Crippen molar-refractivity contribution in [1.82, 2.24) is 0 Å².